The molecule has 0 atom stereocenters. The standard InChI is InChI=1S/C6H7NOS/c7-4-1-5(8)6(9)2-3-6/h9H,1-3H2. The number of hydrogen-bond donors (Lipinski definition) is 1. The molecule has 0 aromatic heterocycles. The average molecular weight is 141 g/mol. The summed E-state index contributed by atoms with van der Waals surface area (Å²) in [5, 5.41) is 8.12. The highest BCUT2D eigenvalue weighted by molar-refractivity contribution is 7.83. The van der Waals surface area contributed by atoms with E-state index in [1.54, 1.807) is 0 Å². The zero-order valence-corrected chi connectivity index (χ0v) is 5.82. The lowest BCUT2D eigenvalue weighted by atomic mass is 10.2. The first kappa shape index (κ1) is 6.63. The molecule has 1 fully saturated rings. The summed E-state index contributed by atoms with van der Waals surface area (Å²) in [6, 6.07) is 1.82. The number of carbonyl (C=O) groups excluding carboxylic acids is 1. The predicted octanol–water partition coefficient (Wildman–Crippen LogP) is 0.932. The largest absolute Gasteiger partial charge is 0.297 e. The summed E-state index contributed by atoms with van der Waals surface area (Å²) in [5.41, 5.74) is 0. The summed E-state index contributed by atoms with van der Waals surface area (Å²) in [7, 11) is 0. The lowest BCUT2D eigenvalue weighted by molar-refractivity contribution is -0.118. The Balaban J connectivity index is 2.45. The fourth-order valence-corrected chi connectivity index (χ4v) is 0.824. The van der Waals surface area contributed by atoms with E-state index in [9.17, 15) is 4.79 Å². The lowest BCUT2D eigenvalue weighted by Gasteiger charge is -1.98. The maximum absolute atomic E-state index is 10.8. The van der Waals surface area contributed by atoms with Crippen LogP contribution in [-0.4, -0.2) is 10.5 Å². The summed E-state index contributed by atoms with van der Waals surface area (Å²) in [5.74, 6) is -0.0201. The fraction of sp³-hybridized carbons (Fsp3) is 0.667. The maximum atomic E-state index is 10.8. The van der Waals surface area contributed by atoms with Crippen molar-refractivity contribution in [3.05, 3.63) is 0 Å². The van der Waals surface area contributed by atoms with E-state index in [1.165, 1.54) is 0 Å². The molecular weight excluding hydrogens is 134 g/mol. The summed E-state index contributed by atoms with van der Waals surface area (Å²) >= 11 is 4.09. The Morgan fingerprint density at radius 1 is 1.78 bits per heavy atom. The van der Waals surface area contributed by atoms with Crippen LogP contribution in [0.4, 0.5) is 0 Å². The van der Waals surface area contributed by atoms with Crippen LogP contribution in [-0.2, 0) is 4.79 Å². The van der Waals surface area contributed by atoms with Gasteiger partial charge in [-0.2, -0.15) is 17.9 Å². The zero-order valence-electron chi connectivity index (χ0n) is 4.92. The highest BCUT2D eigenvalue weighted by Gasteiger charge is 2.45. The second kappa shape index (κ2) is 2.03. The van der Waals surface area contributed by atoms with Crippen LogP contribution >= 0.6 is 12.6 Å². The Morgan fingerprint density at radius 3 is 2.67 bits per heavy atom. The Morgan fingerprint density at radius 2 is 2.33 bits per heavy atom. The van der Waals surface area contributed by atoms with E-state index in [0.717, 1.165) is 12.8 Å². The Bertz CT molecular complexity index is 178. The summed E-state index contributed by atoms with van der Waals surface area (Å²) in [6.07, 6.45) is 1.71. The van der Waals surface area contributed by atoms with E-state index >= 15 is 0 Å². The van der Waals surface area contributed by atoms with Crippen molar-refractivity contribution in [1.29, 1.82) is 5.26 Å². The van der Waals surface area contributed by atoms with Crippen molar-refractivity contribution in [2.75, 3.05) is 0 Å². The fourth-order valence-electron chi connectivity index (χ4n) is 0.634. The van der Waals surface area contributed by atoms with E-state index < -0.39 is 4.75 Å². The average Bonchev–Trinajstić information content (AvgIpc) is 2.50. The molecule has 1 aliphatic rings. The molecule has 0 heterocycles. The van der Waals surface area contributed by atoms with Crippen LogP contribution in [0.2, 0.25) is 0 Å². The smallest absolute Gasteiger partial charge is 0.162 e. The van der Waals surface area contributed by atoms with Crippen molar-refractivity contribution in [3.8, 4) is 6.07 Å². The monoisotopic (exact) mass is 141 g/mol. The van der Waals surface area contributed by atoms with E-state index in [4.69, 9.17) is 5.26 Å². The van der Waals surface area contributed by atoms with Crippen molar-refractivity contribution in [1.82, 2.24) is 0 Å². The van der Waals surface area contributed by atoms with Gasteiger partial charge in [0.2, 0.25) is 0 Å². The first-order valence-electron chi connectivity index (χ1n) is 2.82. The molecule has 0 saturated heterocycles. The van der Waals surface area contributed by atoms with Crippen molar-refractivity contribution in [2.45, 2.75) is 24.0 Å². The van der Waals surface area contributed by atoms with Gasteiger partial charge in [-0.05, 0) is 12.8 Å². The lowest BCUT2D eigenvalue weighted by Crippen LogP contribution is -2.13. The Kier molecular flexibility index (Phi) is 1.50. The Hall–Kier alpha value is -0.490. The van der Waals surface area contributed by atoms with Gasteiger partial charge in [0.05, 0.1) is 17.2 Å². The molecule has 1 rings (SSSR count). The highest BCUT2D eigenvalue weighted by atomic mass is 32.1. The van der Waals surface area contributed by atoms with E-state index in [1.807, 2.05) is 6.07 Å². The molecule has 0 amide bonds. The first-order chi connectivity index (χ1) is 4.19. The topological polar surface area (TPSA) is 40.9 Å². The van der Waals surface area contributed by atoms with E-state index in [-0.39, 0.29) is 12.2 Å². The van der Waals surface area contributed by atoms with Gasteiger partial charge >= 0.3 is 0 Å². The molecule has 0 aliphatic heterocycles. The third kappa shape index (κ3) is 1.25. The molecule has 9 heavy (non-hydrogen) atoms. The van der Waals surface area contributed by atoms with Gasteiger partial charge in [-0.15, -0.1) is 0 Å². The van der Waals surface area contributed by atoms with E-state index in [0.29, 0.717) is 0 Å². The summed E-state index contributed by atoms with van der Waals surface area (Å²) in [6.45, 7) is 0. The molecule has 1 aliphatic carbocycles. The first-order valence-corrected chi connectivity index (χ1v) is 3.26. The third-order valence-corrected chi connectivity index (χ3v) is 2.18. The van der Waals surface area contributed by atoms with Crippen LogP contribution in [0.1, 0.15) is 19.3 Å². The van der Waals surface area contributed by atoms with E-state index in [2.05, 4.69) is 12.6 Å². The number of nitriles is 1. The zero-order chi connectivity index (χ0) is 6.91. The van der Waals surface area contributed by atoms with Gasteiger partial charge in [0, 0.05) is 0 Å². The molecule has 48 valence electrons. The minimum atomic E-state index is -0.407. The van der Waals surface area contributed by atoms with Crippen LogP contribution < -0.4 is 0 Å². The normalized spacial score (nSPS) is 20.4. The van der Waals surface area contributed by atoms with Crippen molar-refractivity contribution in [2.24, 2.45) is 0 Å². The highest BCUT2D eigenvalue weighted by Crippen LogP contribution is 2.43. The maximum Gasteiger partial charge on any atom is 0.162 e. The van der Waals surface area contributed by atoms with Gasteiger partial charge in [-0.1, -0.05) is 0 Å². The van der Waals surface area contributed by atoms with Crippen LogP contribution in [0.15, 0.2) is 0 Å². The number of nitrogens with zero attached hydrogens (tertiary/aromatic N) is 1. The van der Waals surface area contributed by atoms with Crippen LogP contribution in [0.25, 0.3) is 0 Å². The number of ketones is 1. The molecule has 3 heteroatoms. The molecule has 0 unspecified atom stereocenters. The molecule has 0 aromatic rings. The van der Waals surface area contributed by atoms with Crippen molar-refractivity contribution >= 4 is 18.4 Å². The van der Waals surface area contributed by atoms with Gasteiger partial charge in [-0.3, -0.25) is 4.79 Å². The minimum Gasteiger partial charge on any atom is -0.297 e. The van der Waals surface area contributed by atoms with Gasteiger partial charge in [0.15, 0.2) is 5.78 Å². The number of thiol groups is 1. The molecular formula is C6H7NOS. The number of Topliss-reactive ketones (excluding diaryl/α,β-unsaturated/α-hetero) is 1. The molecule has 1 saturated carbocycles. The van der Waals surface area contributed by atoms with Crippen molar-refractivity contribution < 1.29 is 4.79 Å². The van der Waals surface area contributed by atoms with Crippen LogP contribution in [0.5, 0.6) is 0 Å². The van der Waals surface area contributed by atoms with Crippen LogP contribution in [0, 0.1) is 11.3 Å². The number of hydrogen-bond acceptors (Lipinski definition) is 3. The number of rotatable bonds is 2. The molecule has 0 spiro atoms. The van der Waals surface area contributed by atoms with Gasteiger partial charge in [0.1, 0.15) is 0 Å². The SMILES string of the molecule is N#CCC(=O)C1(S)CC1. The van der Waals surface area contributed by atoms with Crippen LogP contribution in [0.3, 0.4) is 0 Å². The summed E-state index contributed by atoms with van der Waals surface area (Å²) in [4.78, 5) is 10.8. The second-order valence-corrected chi connectivity index (χ2v) is 3.15. The second-order valence-electron chi connectivity index (χ2n) is 2.29. The molecule has 0 aromatic carbocycles. The molecule has 0 bridgehead atoms. The minimum absolute atomic E-state index is 0.0174. The Labute approximate surface area is 59.3 Å². The predicted molar refractivity (Wildman–Crippen MR) is 36.2 cm³/mol. The van der Waals surface area contributed by atoms with Crippen molar-refractivity contribution in [3.63, 3.8) is 0 Å². The number of carbonyl (C=O) groups is 1. The van der Waals surface area contributed by atoms with Gasteiger partial charge in [0.25, 0.3) is 0 Å². The quantitative estimate of drug-likeness (QED) is 0.581. The molecule has 0 N–H and O–H groups in total. The molecule has 0 radical (unpaired) electrons. The van der Waals surface area contributed by atoms with Gasteiger partial charge < -0.3 is 0 Å². The van der Waals surface area contributed by atoms with Gasteiger partial charge in [-0.25, -0.2) is 0 Å². The molecule has 2 nitrogen and oxygen atoms in total. The third-order valence-electron chi connectivity index (χ3n) is 1.48. The summed E-state index contributed by atoms with van der Waals surface area (Å²) < 4.78 is -0.407.